The van der Waals surface area contributed by atoms with Crippen LogP contribution in [0.1, 0.15) is 17.3 Å². The van der Waals surface area contributed by atoms with Crippen molar-refractivity contribution >= 4 is 21.6 Å². The Bertz CT molecular complexity index is 730. The summed E-state index contributed by atoms with van der Waals surface area (Å²) in [5.41, 5.74) is 6.18. The van der Waals surface area contributed by atoms with E-state index >= 15 is 0 Å². The maximum Gasteiger partial charge on any atom is 0.240 e. The smallest absolute Gasteiger partial charge is 0.240 e. The van der Waals surface area contributed by atoms with Gasteiger partial charge >= 0.3 is 0 Å². The summed E-state index contributed by atoms with van der Waals surface area (Å²) in [4.78, 5) is 4.08. The molecule has 9 heteroatoms. The molecule has 0 radical (unpaired) electrons. The maximum absolute atomic E-state index is 12.1. The SMILES string of the molecule is Cc1nc(CCNS(=O)(=O)c2ccc(CN)c(Cl)c2)no1. The third-order valence-corrected chi connectivity index (χ3v) is 4.58. The fourth-order valence-corrected chi connectivity index (χ4v) is 3.06. The highest BCUT2D eigenvalue weighted by molar-refractivity contribution is 7.89. The first-order valence-corrected chi connectivity index (χ1v) is 8.06. The molecule has 1 aromatic carbocycles. The van der Waals surface area contributed by atoms with Crippen LogP contribution in [0.3, 0.4) is 0 Å². The Hall–Kier alpha value is -1.48. The maximum atomic E-state index is 12.1. The molecule has 0 saturated carbocycles. The third kappa shape index (κ3) is 4.01. The fraction of sp³-hybridized carbons (Fsp3) is 0.333. The van der Waals surface area contributed by atoms with Crippen LogP contribution in [0.2, 0.25) is 5.02 Å². The number of sulfonamides is 1. The van der Waals surface area contributed by atoms with Gasteiger partial charge < -0.3 is 10.3 Å². The number of hydrogen-bond donors (Lipinski definition) is 2. The van der Waals surface area contributed by atoms with E-state index in [0.717, 1.165) is 0 Å². The summed E-state index contributed by atoms with van der Waals surface area (Å²) in [7, 11) is -3.63. The van der Waals surface area contributed by atoms with E-state index in [1.54, 1.807) is 13.0 Å². The Labute approximate surface area is 127 Å². The lowest BCUT2D eigenvalue weighted by Gasteiger charge is -2.08. The molecule has 0 saturated heterocycles. The summed E-state index contributed by atoms with van der Waals surface area (Å²) >= 11 is 5.96. The zero-order valence-electron chi connectivity index (χ0n) is 11.3. The number of benzene rings is 1. The van der Waals surface area contributed by atoms with Gasteiger partial charge in [-0.2, -0.15) is 4.98 Å². The van der Waals surface area contributed by atoms with Crippen molar-refractivity contribution in [1.29, 1.82) is 0 Å². The minimum absolute atomic E-state index is 0.0917. The molecule has 0 unspecified atom stereocenters. The number of hydrogen-bond acceptors (Lipinski definition) is 6. The van der Waals surface area contributed by atoms with Gasteiger partial charge in [0.1, 0.15) is 0 Å². The lowest BCUT2D eigenvalue weighted by Crippen LogP contribution is -2.26. The second kappa shape index (κ2) is 6.52. The summed E-state index contributed by atoms with van der Waals surface area (Å²) < 4.78 is 31.5. The standard InChI is InChI=1S/C12H15ClN4O3S/c1-8-16-12(17-20-8)4-5-15-21(18,19)10-3-2-9(7-14)11(13)6-10/h2-3,6,15H,4-5,7,14H2,1H3. The minimum atomic E-state index is -3.63. The van der Waals surface area contributed by atoms with Gasteiger partial charge in [0, 0.05) is 31.5 Å². The van der Waals surface area contributed by atoms with Crippen molar-refractivity contribution in [3.05, 3.63) is 40.5 Å². The van der Waals surface area contributed by atoms with Crippen molar-refractivity contribution in [1.82, 2.24) is 14.9 Å². The average Bonchev–Trinajstić information content (AvgIpc) is 2.84. The summed E-state index contributed by atoms with van der Waals surface area (Å²) in [6, 6.07) is 4.44. The molecule has 0 bridgehead atoms. The van der Waals surface area contributed by atoms with Crippen LogP contribution < -0.4 is 10.5 Å². The molecule has 2 rings (SSSR count). The highest BCUT2D eigenvalue weighted by Crippen LogP contribution is 2.20. The van der Waals surface area contributed by atoms with E-state index in [-0.39, 0.29) is 18.0 Å². The van der Waals surface area contributed by atoms with Gasteiger partial charge in [-0.3, -0.25) is 0 Å². The number of aromatic nitrogens is 2. The minimum Gasteiger partial charge on any atom is -0.340 e. The van der Waals surface area contributed by atoms with Gasteiger partial charge in [0.25, 0.3) is 0 Å². The predicted molar refractivity (Wildman–Crippen MR) is 77.3 cm³/mol. The third-order valence-electron chi connectivity index (χ3n) is 2.77. The molecule has 0 aliphatic heterocycles. The summed E-state index contributed by atoms with van der Waals surface area (Å²) in [5, 5.41) is 4.02. The van der Waals surface area contributed by atoms with Crippen molar-refractivity contribution in [2.45, 2.75) is 24.8 Å². The van der Waals surface area contributed by atoms with Crippen LogP contribution >= 0.6 is 11.6 Å². The van der Waals surface area contributed by atoms with E-state index in [4.69, 9.17) is 21.9 Å². The lowest BCUT2D eigenvalue weighted by atomic mass is 10.2. The molecule has 0 atom stereocenters. The van der Waals surface area contributed by atoms with E-state index in [9.17, 15) is 8.42 Å². The number of nitrogens with two attached hydrogens (primary N) is 1. The molecule has 0 fully saturated rings. The van der Waals surface area contributed by atoms with Gasteiger partial charge in [-0.15, -0.1) is 0 Å². The number of nitrogens with one attached hydrogen (secondary N) is 1. The van der Waals surface area contributed by atoms with Gasteiger partial charge in [-0.05, 0) is 17.7 Å². The quantitative estimate of drug-likeness (QED) is 0.817. The van der Waals surface area contributed by atoms with Gasteiger partial charge in [0.15, 0.2) is 5.82 Å². The number of aryl methyl sites for hydroxylation is 1. The van der Waals surface area contributed by atoms with Crippen molar-refractivity contribution in [2.75, 3.05) is 6.54 Å². The van der Waals surface area contributed by atoms with Crippen LogP contribution in [-0.2, 0) is 23.0 Å². The highest BCUT2D eigenvalue weighted by Gasteiger charge is 2.15. The molecule has 0 spiro atoms. The molecule has 2 aromatic rings. The molecule has 0 aliphatic rings. The molecule has 114 valence electrons. The van der Waals surface area contributed by atoms with E-state index in [1.807, 2.05) is 0 Å². The molecule has 3 N–H and O–H groups in total. The van der Waals surface area contributed by atoms with Crippen LogP contribution in [-0.4, -0.2) is 25.1 Å². The normalized spacial score (nSPS) is 11.8. The van der Waals surface area contributed by atoms with Crippen molar-refractivity contribution in [2.24, 2.45) is 5.73 Å². The second-order valence-electron chi connectivity index (χ2n) is 4.33. The Morgan fingerprint density at radius 1 is 1.43 bits per heavy atom. The van der Waals surface area contributed by atoms with E-state index in [1.165, 1.54) is 12.1 Å². The average molecular weight is 331 g/mol. The molecule has 21 heavy (non-hydrogen) atoms. The Morgan fingerprint density at radius 3 is 2.76 bits per heavy atom. The number of halogens is 1. The van der Waals surface area contributed by atoms with E-state index in [2.05, 4.69) is 14.9 Å². The van der Waals surface area contributed by atoms with E-state index in [0.29, 0.717) is 28.7 Å². The molecular weight excluding hydrogens is 316 g/mol. The predicted octanol–water partition coefficient (Wildman–Crippen LogP) is 1.01. The van der Waals surface area contributed by atoms with Gasteiger partial charge in [0.2, 0.25) is 15.9 Å². The van der Waals surface area contributed by atoms with Gasteiger partial charge in [0.05, 0.1) is 4.90 Å². The first kappa shape index (κ1) is 15.9. The Morgan fingerprint density at radius 2 is 2.19 bits per heavy atom. The molecule has 0 aliphatic carbocycles. The van der Waals surface area contributed by atoms with E-state index < -0.39 is 10.0 Å². The summed E-state index contributed by atoms with van der Waals surface area (Å²) in [6.45, 7) is 2.09. The van der Waals surface area contributed by atoms with Gasteiger partial charge in [-0.25, -0.2) is 13.1 Å². The first-order valence-electron chi connectivity index (χ1n) is 6.20. The molecule has 0 amide bonds. The Balaban J connectivity index is 2.02. The summed E-state index contributed by atoms with van der Waals surface area (Å²) in [5.74, 6) is 0.892. The monoisotopic (exact) mass is 330 g/mol. The number of rotatable bonds is 6. The van der Waals surface area contributed by atoms with Crippen LogP contribution in [0, 0.1) is 6.92 Å². The van der Waals surface area contributed by atoms with Crippen LogP contribution in [0.15, 0.2) is 27.6 Å². The van der Waals surface area contributed by atoms with Crippen molar-refractivity contribution < 1.29 is 12.9 Å². The Kier molecular flexibility index (Phi) is 4.94. The van der Waals surface area contributed by atoms with Crippen LogP contribution in [0.5, 0.6) is 0 Å². The molecule has 7 nitrogen and oxygen atoms in total. The van der Waals surface area contributed by atoms with Crippen molar-refractivity contribution in [3.8, 4) is 0 Å². The largest absolute Gasteiger partial charge is 0.340 e. The zero-order chi connectivity index (χ0) is 15.5. The second-order valence-corrected chi connectivity index (χ2v) is 6.51. The molecule has 1 aromatic heterocycles. The first-order chi connectivity index (χ1) is 9.92. The fourth-order valence-electron chi connectivity index (χ4n) is 1.68. The van der Waals surface area contributed by atoms with Crippen LogP contribution in [0.25, 0.3) is 0 Å². The topological polar surface area (TPSA) is 111 Å². The highest BCUT2D eigenvalue weighted by atomic mass is 35.5. The van der Waals surface area contributed by atoms with Gasteiger partial charge in [-0.1, -0.05) is 22.8 Å². The molecular formula is C12H15ClN4O3S. The number of nitrogens with zero attached hydrogens (tertiary/aromatic N) is 2. The zero-order valence-corrected chi connectivity index (χ0v) is 12.9. The van der Waals surface area contributed by atoms with Crippen LogP contribution in [0.4, 0.5) is 0 Å². The molecule has 1 heterocycles. The summed E-state index contributed by atoms with van der Waals surface area (Å²) in [6.07, 6.45) is 0.338. The lowest BCUT2D eigenvalue weighted by molar-refractivity contribution is 0.387. The van der Waals surface area contributed by atoms with Crippen molar-refractivity contribution in [3.63, 3.8) is 0 Å².